The molecule has 0 radical (unpaired) electrons. The molecule has 1 aromatic heterocycles. The van der Waals surface area contributed by atoms with Crippen LogP contribution < -0.4 is 16.4 Å². The van der Waals surface area contributed by atoms with Crippen molar-refractivity contribution >= 4 is 63.0 Å². The van der Waals surface area contributed by atoms with Gasteiger partial charge in [-0.05, 0) is 37.7 Å². The normalized spacial score (nSPS) is 15.5. The van der Waals surface area contributed by atoms with Gasteiger partial charge in [-0.15, -0.1) is 11.3 Å². The van der Waals surface area contributed by atoms with E-state index in [0.717, 1.165) is 36.1 Å². The molecule has 24 heavy (non-hydrogen) atoms. The van der Waals surface area contributed by atoms with Gasteiger partial charge >= 0.3 is 0 Å². The number of primary amides is 1. The molecule has 2 rings (SSSR count). The number of aryl methyl sites for hydroxylation is 1. The molecule has 0 fully saturated rings. The third-order valence-electron chi connectivity index (χ3n) is 3.80. The quantitative estimate of drug-likeness (QED) is 0.491. The molecule has 0 bridgehead atoms. The van der Waals surface area contributed by atoms with Crippen LogP contribution in [0.25, 0.3) is 0 Å². The van der Waals surface area contributed by atoms with Crippen LogP contribution in [0.1, 0.15) is 53.4 Å². The highest BCUT2D eigenvalue weighted by molar-refractivity contribution is 7.16. The predicted molar refractivity (Wildman–Crippen MR) is 100 cm³/mol. The number of rotatable bonds is 6. The Morgan fingerprint density at radius 1 is 1.29 bits per heavy atom. The van der Waals surface area contributed by atoms with Crippen LogP contribution in [0, 0.1) is 0 Å². The Labute approximate surface area is 160 Å². The van der Waals surface area contributed by atoms with Gasteiger partial charge in [-0.2, -0.15) is 0 Å². The summed E-state index contributed by atoms with van der Waals surface area (Å²) in [5.41, 5.74) is 6.98. The number of hydrogen-bond acceptors (Lipinski definition) is 4. The second-order valence-corrected chi connectivity index (χ2v) is 9.19. The molecule has 1 aromatic rings. The molecule has 0 saturated heterocycles. The van der Waals surface area contributed by atoms with Crippen LogP contribution in [-0.2, 0) is 17.6 Å². The summed E-state index contributed by atoms with van der Waals surface area (Å²) in [6, 6.07) is 0. The molecule has 9 heteroatoms. The number of nitrogens with two attached hydrogens (primary N) is 1. The van der Waals surface area contributed by atoms with E-state index in [4.69, 9.17) is 40.5 Å². The number of alkyl halides is 3. The van der Waals surface area contributed by atoms with Crippen LogP contribution in [0.2, 0.25) is 0 Å². The lowest BCUT2D eigenvalue weighted by molar-refractivity contribution is -0.121. The number of nitrogens with one attached hydrogen (secondary N) is 2. The molecule has 0 aliphatic heterocycles. The Kier molecular flexibility index (Phi) is 6.65. The Hall–Kier alpha value is -0.690. The number of anilines is 1. The first-order chi connectivity index (χ1) is 11.2. The van der Waals surface area contributed by atoms with Crippen molar-refractivity contribution in [3.63, 3.8) is 0 Å². The van der Waals surface area contributed by atoms with Crippen molar-refractivity contribution in [1.82, 2.24) is 5.32 Å². The van der Waals surface area contributed by atoms with Crippen molar-refractivity contribution in [2.75, 3.05) is 5.32 Å². The molecule has 0 aromatic carbocycles. The fourth-order valence-electron chi connectivity index (χ4n) is 2.72. The molecule has 0 saturated carbocycles. The first kappa shape index (κ1) is 19.6. The Morgan fingerprint density at radius 3 is 2.54 bits per heavy atom. The number of halogens is 3. The van der Waals surface area contributed by atoms with Crippen molar-refractivity contribution < 1.29 is 9.59 Å². The van der Waals surface area contributed by atoms with E-state index in [9.17, 15) is 9.59 Å². The topological polar surface area (TPSA) is 84.2 Å². The van der Waals surface area contributed by atoms with Gasteiger partial charge < -0.3 is 16.4 Å². The number of carbonyl (C=O) groups excluding carboxylic acids is 2. The minimum Gasteiger partial charge on any atom is -0.365 e. The molecule has 1 aliphatic carbocycles. The molecule has 1 atom stereocenters. The third-order valence-corrected chi connectivity index (χ3v) is 5.68. The van der Waals surface area contributed by atoms with E-state index in [1.165, 1.54) is 11.3 Å². The number of hydrogen-bond donors (Lipinski definition) is 3. The van der Waals surface area contributed by atoms with Crippen LogP contribution in [-0.4, -0.2) is 21.8 Å². The Morgan fingerprint density at radius 2 is 1.96 bits per heavy atom. The zero-order chi connectivity index (χ0) is 17.9. The highest BCUT2D eigenvalue weighted by Crippen LogP contribution is 2.40. The highest BCUT2D eigenvalue weighted by atomic mass is 35.6. The lowest BCUT2D eigenvalue weighted by atomic mass is 9.95. The minimum atomic E-state index is -1.77. The fourth-order valence-corrected chi connectivity index (χ4v) is 4.37. The average molecular weight is 413 g/mol. The number of amides is 2. The first-order valence-corrected chi connectivity index (χ1v) is 9.76. The summed E-state index contributed by atoms with van der Waals surface area (Å²) >= 11 is 19.4. The number of carbonyl (C=O) groups is 2. The SMILES string of the molecule is CCCC(=O)NC(Nc1sc2c(c1C(N)=O)CCCC2)C(Cl)(Cl)Cl. The molecule has 0 spiro atoms. The molecular formula is C15H20Cl3N3O2S. The molecule has 1 unspecified atom stereocenters. The second-order valence-electron chi connectivity index (χ2n) is 5.72. The van der Waals surface area contributed by atoms with Crippen LogP contribution in [0.4, 0.5) is 5.00 Å². The lowest BCUT2D eigenvalue weighted by Gasteiger charge is -2.27. The van der Waals surface area contributed by atoms with Gasteiger partial charge in [0.25, 0.3) is 5.91 Å². The van der Waals surface area contributed by atoms with Crippen molar-refractivity contribution in [3.05, 3.63) is 16.0 Å². The van der Waals surface area contributed by atoms with Crippen LogP contribution in [0.3, 0.4) is 0 Å². The van der Waals surface area contributed by atoms with Crippen molar-refractivity contribution in [1.29, 1.82) is 0 Å². The van der Waals surface area contributed by atoms with E-state index in [0.29, 0.717) is 23.4 Å². The maximum atomic E-state index is 11.9. The zero-order valence-corrected chi connectivity index (χ0v) is 16.3. The second kappa shape index (κ2) is 8.13. The molecule has 2 amide bonds. The first-order valence-electron chi connectivity index (χ1n) is 7.81. The van der Waals surface area contributed by atoms with Gasteiger partial charge in [-0.25, -0.2) is 0 Å². The monoisotopic (exact) mass is 411 g/mol. The molecule has 134 valence electrons. The number of fused-ring (bicyclic) bond motifs is 1. The van der Waals surface area contributed by atoms with Gasteiger partial charge in [0.2, 0.25) is 9.70 Å². The van der Waals surface area contributed by atoms with E-state index < -0.39 is 15.9 Å². The summed E-state index contributed by atoms with van der Waals surface area (Å²) < 4.78 is -1.77. The van der Waals surface area contributed by atoms with E-state index in [1.54, 1.807) is 0 Å². The van der Waals surface area contributed by atoms with Crippen LogP contribution in [0.15, 0.2) is 0 Å². The summed E-state index contributed by atoms with van der Waals surface area (Å²) in [6.45, 7) is 1.88. The van der Waals surface area contributed by atoms with Gasteiger partial charge in [0.15, 0.2) is 0 Å². The Balaban J connectivity index is 2.30. The lowest BCUT2D eigenvalue weighted by Crippen LogP contribution is -2.49. The van der Waals surface area contributed by atoms with Crippen LogP contribution in [0.5, 0.6) is 0 Å². The average Bonchev–Trinajstić information content (AvgIpc) is 2.83. The van der Waals surface area contributed by atoms with Gasteiger partial charge in [0.1, 0.15) is 11.2 Å². The largest absolute Gasteiger partial charge is 0.365 e. The van der Waals surface area contributed by atoms with Crippen LogP contribution >= 0.6 is 46.1 Å². The number of thiophene rings is 1. The minimum absolute atomic E-state index is 0.233. The van der Waals surface area contributed by atoms with Gasteiger partial charge in [-0.1, -0.05) is 41.7 Å². The van der Waals surface area contributed by atoms with E-state index in [2.05, 4.69) is 10.6 Å². The van der Waals surface area contributed by atoms with Crippen molar-refractivity contribution in [3.8, 4) is 0 Å². The van der Waals surface area contributed by atoms with E-state index >= 15 is 0 Å². The maximum absolute atomic E-state index is 11.9. The standard InChI is InChI=1S/C15H20Cl3N3O2S/c1-2-5-10(22)20-14(15(16,17)18)21-13-11(12(19)23)8-6-3-4-7-9(8)24-13/h14,21H,2-7H2,1H3,(H2,19,23)(H,20,22). The van der Waals surface area contributed by atoms with Crippen molar-refractivity contribution in [2.24, 2.45) is 5.73 Å². The molecular weight excluding hydrogens is 393 g/mol. The smallest absolute Gasteiger partial charge is 0.251 e. The summed E-state index contributed by atoms with van der Waals surface area (Å²) in [4.78, 5) is 24.9. The van der Waals surface area contributed by atoms with Gasteiger partial charge in [0.05, 0.1) is 5.56 Å². The molecule has 4 N–H and O–H groups in total. The van der Waals surface area contributed by atoms with E-state index in [-0.39, 0.29) is 5.91 Å². The summed E-state index contributed by atoms with van der Waals surface area (Å²) in [7, 11) is 0. The molecule has 5 nitrogen and oxygen atoms in total. The highest BCUT2D eigenvalue weighted by Gasteiger charge is 2.36. The molecule has 1 heterocycles. The van der Waals surface area contributed by atoms with Crippen molar-refractivity contribution in [2.45, 2.75) is 55.4 Å². The summed E-state index contributed by atoms with van der Waals surface area (Å²) in [5.74, 6) is -0.747. The fraction of sp³-hybridized carbons (Fsp3) is 0.600. The van der Waals surface area contributed by atoms with E-state index in [1.807, 2.05) is 6.92 Å². The molecule has 1 aliphatic rings. The summed E-state index contributed by atoms with van der Waals surface area (Å²) in [5, 5.41) is 6.21. The predicted octanol–water partition coefficient (Wildman–Crippen LogP) is 3.75. The summed E-state index contributed by atoms with van der Waals surface area (Å²) in [6.07, 6.45) is 3.85. The van der Waals surface area contributed by atoms with Gasteiger partial charge in [0, 0.05) is 11.3 Å². The Bertz CT molecular complexity index is 628. The maximum Gasteiger partial charge on any atom is 0.251 e. The third kappa shape index (κ3) is 4.69. The van der Waals surface area contributed by atoms with Gasteiger partial charge in [-0.3, -0.25) is 9.59 Å². The zero-order valence-electron chi connectivity index (χ0n) is 13.3.